The van der Waals surface area contributed by atoms with Crippen LogP contribution in [0.25, 0.3) is 5.57 Å². The molecule has 0 saturated heterocycles. The summed E-state index contributed by atoms with van der Waals surface area (Å²) in [6.07, 6.45) is 2.51. The second-order valence-corrected chi connectivity index (χ2v) is 10.5. The van der Waals surface area contributed by atoms with Crippen LogP contribution in [0.1, 0.15) is 38.3 Å². The summed E-state index contributed by atoms with van der Waals surface area (Å²) >= 11 is -1.14. The molecular weight excluding hydrogens is 302 g/mol. The molecule has 3 rings (SSSR count). The second kappa shape index (κ2) is 5.87. The standard InChI is InChI=1S/C18H20N.2CH3.Ti/c1-11-12(2)14(4)17(13(11)3)16-9-5-7-15-8-6-10-19-18(15)16;;;/h5,7,9H,3,6,8,10H2,1-2,4H3;2*1H3;/q-1;;;+1. The van der Waals surface area contributed by atoms with E-state index in [0.29, 0.717) is 0 Å². The first kappa shape index (κ1) is 15.8. The van der Waals surface area contributed by atoms with E-state index >= 15 is 0 Å². The van der Waals surface area contributed by atoms with Gasteiger partial charge in [0.15, 0.2) is 0 Å². The van der Waals surface area contributed by atoms with Gasteiger partial charge in [0, 0.05) is 0 Å². The van der Waals surface area contributed by atoms with Gasteiger partial charge >= 0.3 is 142 Å². The van der Waals surface area contributed by atoms with Gasteiger partial charge < -0.3 is 0 Å². The van der Waals surface area contributed by atoms with E-state index in [1.807, 2.05) is 0 Å². The summed E-state index contributed by atoms with van der Waals surface area (Å²) in [5.41, 5.74) is 11.3. The molecule has 1 aliphatic heterocycles. The van der Waals surface area contributed by atoms with Crippen molar-refractivity contribution in [3.8, 4) is 0 Å². The molecule has 1 heterocycles. The number of nitrogens with zero attached hydrogens (tertiary/aromatic N) is 1. The van der Waals surface area contributed by atoms with Gasteiger partial charge in [-0.15, -0.1) is 0 Å². The third-order valence-electron chi connectivity index (χ3n) is 5.28. The monoisotopic (exact) mass is 328 g/mol. The van der Waals surface area contributed by atoms with Gasteiger partial charge in [-0.1, -0.05) is 0 Å². The zero-order valence-corrected chi connectivity index (χ0v) is 16.1. The van der Waals surface area contributed by atoms with Crippen molar-refractivity contribution in [3.05, 3.63) is 58.2 Å². The van der Waals surface area contributed by atoms with Crippen LogP contribution in [0.15, 0.2) is 47.1 Å². The predicted molar refractivity (Wildman–Crippen MR) is 93.9 cm³/mol. The molecule has 1 aliphatic carbocycles. The second-order valence-electron chi connectivity index (χ2n) is 6.74. The number of hydrogen-bond donors (Lipinski definition) is 0. The molecule has 115 valence electrons. The average molecular weight is 328 g/mol. The fourth-order valence-corrected chi connectivity index (χ4v) is 5.83. The molecule has 0 bridgehead atoms. The molecule has 0 unspecified atom stereocenters. The molecule has 0 atom stereocenters. The Balaban J connectivity index is 2.21. The van der Waals surface area contributed by atoms with Crippen molar-refractivity contribution in [2.45, 2.75) is 44.1 Å². The van der Waals surface area contributed by atoms with E-state index in [2.05, 4.69) is 59.4 Å². The van der Waals surface area contributed by atoms with Crippen molar-refractivity contribution in [2.75, 3.05) is 9.93 Å². The van der Waals surface area contributed by atoms with Crippen molar-refractivity contribution in [1.29, 1.82) is 0 Å². The van der Waals surface area contributed by atoms with Gasteiger partial charge in [-0.2, -0.15) is 0 Å². The van der Waals surface area contributed by atoms with Crippen LogP contribution in [-0.2, 0) is 24.5 Å². The molecule has 2 aliphatic rings. The van der Waals surface area contributed by atoms with Crippen LogP contribution in [0.3, 0.4) is 0 Å². The molecule has 22 heavy (non-hydrogen) atoms. The number of benzene rings is 1. The normalized spacial score (nSPS) is 18.2. The van der Waals surface area contributed by atoms with Gasteiger partial charge in [-0.05, 0) is 0 Å². The molecule has 0 amide bonds. The van der Waals surface area contributed by atoms with Crippen LogP contribution in [0.2, 0.25) is 10.5 Å². The summed E-state index contributed by atoms with van der Waals surface area (Å²) in [6.45, 7) is 12.3. The fourth-order valence-electron chi connectivity index (χ4n) is 3.77. The maximum absolute atomic E-state index is 4.39. The van der Waals surface area contributed by atoms with E-state index in [1.165, 1.54) is 64.1 Å². The molecule has 0 fully saturated rings. The third kappa shape index (κ3) is 2.35. The Hall–Kier alpha value is -1.05. The molecule has 1 nitrogen and oxygen atoms in total. The minimum absolute atomic E-state index is 1.14. The van der Waals surface area contributed by atoms with Crippen molar-refractivity contribution in [1.82, 2.24) is 0 Å². The summed E-state index contributed by atoms with van der Waals surface area (Å²) in [5, 5.41) is 4.93. The number of fused-ring (bicyclic) bond motifs is 1. The summed E-state index contributed by atoms with van der Waals surface area (Å²) in [5.74, 6) is 0. The SMILES string of the molecule is C=C1C(C)=C(C)C(C)=C1c1cccc2c1[N]([Ti]([CH3])[CH3])CCC2. The maximum atomic E-state index is 4.39. The quantitative estimate of drug-likeness (QED) is 0.625. The van der Waals surface area contributed by atoms with Crippen molar-refractivity contribution in [3.63, 3.8) is 0 Å². The van der Waals surface area contributed by atoms with Crippen molar-refractivity contribution < 1.29 is 18.1 Å². The van der Waals surface area contributed by atoms with Gasteiger partial charge in [0.25, 0.3) is 0 Å². The zero-order valence-electron chi connectivity index (χ0n) is 14.5. The Morgan fingerprint density at radius 3 is 2.36 bits per heavy atom. The average Bonchev–Trinajstić information content (AvgIpc) is 2.70. The molecule has 0 N–H and O–H groups in total. The molecule has 1 aromatic rings. The topological polar surface area (TPSA) is 3.24 Å². The third-order valence-corrected chi connectivity index (χ3v) is 7.67. The molecule has 1 aromatic carbocycles. The van der Waals surface area contributed by atoms with Crippen molar-refractivity contribution >= 4 is 11.3 Å². The molecule has 0 radical (unpaired) electrons. The van der Waals surface area contributed by atoms with E-state index in [9.17, 15) is 0 Å². The number of allylic oxidation sites excluding steroid dienone is 5. The van der Waals surface area contributed by atoms with Crippen LogP contribution in [0.4, 0.5) is 5.69 Å². The van der Waals surface area contributed by atoms with E-state index < -0.39 is 18.1 Å². The number of para-hydroxylation sites is 1. The molecule has 0 spiro atoms. The van der Waals surface area contributed by atoms with Crippen LogP contribution < -0.4 is 3.38 Å². The number of aryl methyl sites for hydroxylation is 1. The van der Waals surface area contributed by atoms with Crippen LogP contribution in [0, 0.1) is 0 Å². The van der Waals surface area contributed by atoms with E-state index in [0.717, 1.165) is 0 Å². The van der Waals surface area contributed by atoms with Crippen LogP contribution in [-0.4, -0.2) is 6.54 Å². The van der Waals surface area contributed by atoms with Crippen molar-refractivity contribution in [2.24, 2.45) is 0 Å². The Bertz CT molecular complexity index is 706. The van der Waals surface area contributed by atoms with Gasteiger partial charge in [0.2, 0.25) is 0 Å². The summed E-state index contributed by atoms with van der Waals surface area (Å²) in [4.78, 5) is 0. The van der Waals surface area contributed by atoms with E-state index in [-0.39, 0.29) is 0 Å². The Morgan fingerprint density at radius 2 is 1.77 bits per heavy atom. The van der Waals surface area contributed by atoms with Gasteiger partial charge in [-0.25, -0.2) is 0 Å². The molecule has 0 saturated carbocycles. The first-order valence-corrected chi connectivity index (χ1v) is 12.0. The van der Waals surface area contributed by atoms with Crippen LogP contribution in [0.5, 0.6) is 0 Å². The molecule has 2 heteroatoms. The van der Waals surface area contributed by atoms with E-state index in [4.69, 9.17) is 0 Å². The predicted octanol–water partition coefficient (Wildman–Crippen LogP) is 5.75. The fraction of sp³-hybridized carbons (Fsp3) is 0.400. The molecule has 0 aromatic heterocycles. The zero-order chi connectivity index (χ0) is 16.0. The summed E-state index contributed by atoms with van der Waals surface area (Å²) < 4.78 is 2.74. The van der Waals surface area contributed by atoms with E-state index in [1.54, 1.807) is 0 Å². The summed E-state index contributed by atoms with van der Waals surface area (Å²) in [6, 6.07) is 6.88. The van der Waals surface area contributed by atoms with Gasteiger partial charge in [-0.3, -0.25) is 0 Å². The first-order valence-electron chi connectivity index (χ1n) is 8.21. The minimum atomic E-state index is -1.14. The number of hydrogen-bond acceptors (Lipinski definition) is 1. The van der Waals surface area contributed by atoms with Gasteiger partial charge in [0.1, 0.15) is 0 Å². The first-order chi connectivity index (χ1) is 10.4. The number of anilines is 1. The molecular formula is C20H26NTi. The Kier molecular flexibility index (Phi) is 4.22. The van der Waals surface area contributed by atoms with Crippen LogP contribution >= 0.6 is 0 Å². The Labute approximate surface area is 141 Å². The number of rotatable bonds is 2. The van der Waals surface area contributed by atoms with Gasteiger partial charge in [0.05, 0.1) is 0 Å². The summed E-state index contributed by atoms with van der Waals surface area (Å²) in [7, 11) is 0. The Morgan fingerprint density at radius 1 is 1.05 bits per heavy atom.